The van der Waals surface area contributed by atoms with Crippen LogP contribution in [0.2, 0.25) is 5.02 Å². The van der Waals surface area contributed by atoms with Crippen molar-refractivity contribution < 1.29 is 18.7 Å². The van der Waals surface area contributed by atoms with Crippen LogP contribution in [0.1, 0.15) is 26.8 Å². The number of hydrogen-bond acceptors (Lipinski definition) is 4. The van der Waals surface area contributed by atoms with E-state index in [-0.39, 0.29) is 16.4 Å². The summed E-state index contributed by atoms with van der Waals surface area (Å²) in [6, 6.07) is 15.6. The minimum absolute atomic E-state index is 0.195. The van der Waals surface area contributed by atoms with Crippen LogP contribution in [0, 0.1) is 5.82 Å². The summed E-state index contributed by atoms with van der Waals surface area (Å²) in [7, 11) is 0. The van der Waals surface area contributed by atoms with E-state index in [1.165, 1.54) is 29.5 Å². The standard InChI is InChI=1S/C20H15ClFNO3S/c21-16-5-2-1-4-15(16)20(25)26-12-18(24)23-19(17-6-3-11-27-17)13-7-9-14(22)10-8-13/h1-11,19H,12H2,(H,23,24)/t19-/m0/s1. The minimum Gasteiger partial charge on any atom is -0.452 e. The zero-order chi connectivity index (χ0) is 19.2. The molecule has 7 heteroatoms. The van der Waals surface area contributed by atoms with Crippen molar-refractivity contribution in [3.05, 3.63) is 92.9 Å². The third kappa shape index (κ3) is 4.93. The molecule has 0 aliphatic heterocycles. The number of thiophene rings is 1. The lowest BCUT2D eigenvalue weighted by molar-refractivity contribution is -0.124. The van der Waals surface area contributed by atoms with Crippen LogP contribution in [0.5, 0.6) is 0 Å². The van der Waals surface area contributed by atoms with E-state index in [2.05, 4.69) is 5.32 Å². The summed E-state index contributed by atoms with van der Waals surface area (Å²) in [6.07, 6.45) is 0. The molecule has 3 aromatic rings. The highest BCUT2D eigenvalue weighted by Crippen LogP contribution is 2.26. The van der Waals surface area contributed by atoms with Gasteiger partial charge in [0, 0.05) is 4.88 Å². The molecule has 0 aliphatic carbocycles. The number of esters is 1. The van der Waals surface area contributed by atoms with Crippen molar-refractivity contribution in [1.82, 2.24) is 5.32 Å². The largest absolute Gasteiger partial charge is 0.452 e. The lowest BCUT2D eigenvalue weighted by Crippen LogP contribution is -2.32. The molecule has 2 aromatic carbocycles. The summed E-state index contributed by atoms with van der Waals surface area (Å²) in [5, 5.41) is 4.96. The minimum atomic E-state index is -0.676. The highest BCUT2D eigenvalue weighted by atomic mass is 35.5. The molecule has 1 amide bonds. The van der Waals surface area contributed by atoms with Crippen molar-refractivity contribution in [1.29, 1.82) is 0 Å². The first-order valence-electron chi connectivity index (χ1n) is 8.04. The SMILES string of the molecule is O=C(COC(=O)c1ccccc1Cl)N[C@@H](c1ccc(F)cc1)c1cccs1. The second kappa shape index (κ2) is 8.79. The van der Waals surface area contributed by atoms with Crippen LogP contribution in [-0.2, 0) is 9.53 Å². The van der Waals surface area contributed by atoms with Crippen LogP contribution >= 0.6 is 22.9 Å². The zero-order valence-corrected chi connectivity index (χ0v) is 15.6. The Morgan fingerprint density at radius 2 is 1.81 bits per heavy atom. The molecule has 3 rings (SSSR count). The number of hydrogen-bond donors (Lipinski definition) is 1. The van der Waals surface area contributed by atoms with Crippen LogP contribution in [0.15, 0.2) is 66.0 Å². The maximum absolute atomic E-state index is 13.2. The lowest BCUT2D eigenvalue weighted by atomic mass is 10.1. The molecular weight excluding hydrogens is 389 g/mol. The van der Waals surface area contributed by atoms with Gasteiger partial charge in [0.15, 0.2) is 6.61 Å². The molecule has 1 N–H and O–H groups in total. The van der Waals surface area contributed by atoms with Crippen LogP contribution in [0.4, 0.5) is 4.39 Å². The highest BCUT2D eigenvalue weighted by Gasteiger charge is 2.19. The summed E-state index contributed by atoms with van der Waals surface area (Å²) in [5.41, 5.74) is 0.921. The van der Waals surface area contributed by atoms with Gasteiger partial charge >= 0.3 is 5.97 Å². The molecule has 0 fully saturated rings. The normalized spacial score (nSPS) is 11.6. The van der Waals surface area contributed by atoms with Gasteiger partial charge in [0.25, 0.3) is 5.91 Å². The highest BCUT2D eigenvalue weighted by molar-refractivity contribution is 7.10. The molecule has 0 aliphatic rings. The van der Waals surface area contributed by atoms with Crippen LogP contribution < -0.4 is 5.32 Å². The lowest BCUT2D eigenvalue weighted by Gasteiger charge is -2.18. The fourth-order valence-corrected chi connectivity index (χ4v) is 3.48. The van der Waals surface area contributed by atoms with E-state index in [1.807, 2.05) is 17.5 Å². The Bertz CT molecular complexity index is 929. The summed E-state index contributed by atoms with van der Waals surface area (Å²) in [5.74, 6) is -1.51. The molecule has 0 spiro atoms. The quantitative estimate of drug-likeness (QED) is 0.612. The van der Waals surface area contributed by atoms with E-state index in [0.717, 1.165) is 10.4 Å². The maximum atomic E-state index is 13.2. The van der Waals surface area contributed by atoms with E-state index in [0.29, 0.717) is 0 Å². The Kier molecular flexibility index (Phi) is 6.21. The number of carbonyl (C=O) groups is 2. The van der Waals surface area contributed by atoms with Crippen molar-refractivity contribution in [2.45, 2.75) is 6.04 Å². The monoisotopic (exact) mass is 403 g/mol. The van der Waals surface area contributed by atoms with Gasteiger partial charge < -0.3 is 10.1 Å². The van der Waals surface area contributed by atoms with Gasteiger partial charge in [0.2, 0.25) is 0 Å². The molecule has 4 nitrogen and oxygen atoms in total. The third-order valence-corrected chi connectivity index (χ3v) is 5.03. The molecule has 138 valence electrons. The Balaban J connectivity index is 1.67. The second-order valence-corrected chi connectivity index (χ2v) is 7.01. The average molecular weight is 404 g/mol. The van der Waals surface area contributed by atoms with Crippen molar-refractivity contribution in [3.63, 3.8) is 0 Å². The van der Waals surface area contributed by atoms with Gasteiger partial charge in [-0.2, -0.15) is 0 Å². The summed E-state index contributed by atoms with van der Waals surface area (Å²) < 4.78 is 18.3. The van der Waals surface area contributed by atoms with Gasteiger partial charge in [-0.3, -0.25) is 4.79 Å². The Morgan fingerprint density at radius 3 is 2.48 bits per heavy atom. The first kappa shape index (κ1) is 19.1. The first-order valence-corrected chi connectivity index (χ1v) is 9.30. The Morgan fingerprint density at radius 1 is 1.07 bits per heavy atom. The topological polar surface area (TPSA) is 55.4 Å². The second-order valence-electron chi connectivity index (χ2n) is 5.62. The van der Waals surface area contributed by atoms with Crippen LogP contribution in [0.25, 0.3) is 0 Å². The van der Waals surface area contributed by atoms with Gasteiger partial charge in [0.1, 0.15) is 5.82 Å². The molecule has 0 radical (unpaired) electrons. The van der Waals surface area contributed by atoms with Crippen LogP contribution in [0.3, 0.4) is 0 Å². The average Bonchev–Trinajstić information content (AvgIpc) is 3.20. The predicted molar refractivity (Wildman–Crippen MR) is 102 cm³/mol. The van der Waals surface area contributed by atoms with Gasteiger partial charge in [0.05, 0.1) is 16.6 Å². The molecular formula is C20H15ClFNO3S. The number of halogens is 2. The van der Waals surface area contributed by atoms with Crippen molar-refractivity contribution in [2.24, 2.45) is 0 Å². The fraction of sp³-hybridized carbons (Fsp3) is 0.100. The predicted octanol–water partition coefficient (Wildman–Crippen LogP) is 4.60. The molecule has 0 saturated carbocycles. The fourth-order valence-electron chi connectivity index (χ4n) is 2.47. The zero-order valence-electron chi connectivity index (χ0n) is 14.0. The molecule has 0 bridgehead atoms. The van der Waals surface area contributed by atoms with Crippen molar-refractivity contribution in [3.8, 4) is 0 Å². The Labute approximate surface area is 164 Å². The number of nitrogens with one attached hydrogen (secondary N) is 1. The van der Waals surface area contributed by atoms with Gasteiger partial charge in [-0.25, -0.2) is 9.18 Å². The van der Waals surface area contributed by atoms with Crippen LogP contribution in [-0.4, -0.2) is 18.5 Å². The number of benzene rings is 2. The molecule has 1 heterocycles. The smallest absolute Gasteiger partial charge is 0.340 e. The van der Waals surface area contributed by atoms with Crippen molar-refractivity contribution >= 4 is 34.8 Å². The maximum Gasteiger partial charge on any atom is 0.340 e. The number of amides is 1. The summed E-state index contributed by atoms with van der Waals surface area (Å²) >= 11 is 7.41. The van der Waals surface area contributed by atoms with E-state index in [4.69, 9.17) is 16.3 Å². The van der Waals surface area contributed by atoms with E-state index < -0.39 is 24.5 Å². The van der Waals surface area contributed by atoms with Crippen molar-refractivity contribution in [2.75, 3.05) is 6.61 Å². The number of ether oxygens (including phenoxy) is 1. The summed E-state index contributed by atoms with van der Waals surface area (Å²) in [4.78, 5) is 25.3. The Hall–Kier alpha value is -2.70. The van der Waals surface area contributed by atoms with Gasteiger partial charge in [-0.1, -0.05) is 41.9 Å². The molecule has 1 aromatic heterocycles. The first-order chi connectivity index (χ1) is 13.0. The molecule has 27 heavy (non-hydrogen) atoms. The van der Waals surface area contributed by atoms with E-state index in [9.17, 15) is 14.0 Å². The molecule has 1 atom stereocenters. The number of carbonyl (C=O) groups excluding carboxylic acids is 2. The molecule has 0 unspecified atom stereocenters. The van der Waals surface area contributed by atoms with Gasteiger partial charge in [-0.05, 0) is 41.3 Å². The van der Waals surface area contributed by atoms with E-state index >= 15 is 0 Å². The number of rotatable bonds is 6. The van der Waals surface area contributed by atoms with E-state index in [1.54, 1.807) is 30.3 Å². The molecule has 0 saturated heterocycles. The third-order valence-electron chi connectivity index (χ3n) is 3.76. The van der Waals surface area contributed by atoms with Gasteiger partial charge in [-0.15, -0.1) is 11.3 Å². The summed E-state index contributed by atoms with van der Waals surface area (Å²) in [6.45, 7) is -0.451.